The lowest BCUT2D eigenvalue weighted by molar-refractivity contribution is 0.415. The first-order chi connectivity index (χ1) is 12.5. The molecule has 0 aliphatic carbocycles. The molecule has 0 aliphatic heterocycles. The SMILES string of the molecule is CCn1c(-c2ccc(N(C)S(C)=O)cc2)c(C#N)c2ccc(OC)cc21. The molecule has 5 nitrogen and oxygen atoms in total. The molecule has 1 unspecified atom stereocenters. The molecule has 3 aromatic rings. The number of aromatic nitrogens is 1. The second-order valence-corrected chi connectivity index (χ2v) is 7.33. The maximum absolute atomic E-state index is 11.7. The van der Waals surface area contributed by atoms with Gasteiger partial charge in [0.2, 0.25) is 0 Å². The van der Waals surface area contributed by atoms with Crippen molar-refractivity contribution in [3.63, 3.8) is 0 Å². The zero-order chi connectivity index (χ0) is 18.8. The Bertz CT molecular complexity index is 1020. The molecule has 0 amide bonds. The van der Waals surface area contributed by atoms with Crippen LogP contribution in [-0.2, 0) is 17.5 Å². The highest BCUT2D eigenvalue weighted by Crippen LogP contribution is 2.35. The van der Waals surface area contributed by atoms with Crippen LogP contribution in [0.5, 0.6) is 5.75 Å². The Hall–Kier alpha value is -2.78. The monoisotopic (exact) mass is 367 g/mol. The molecule has 0 fully saturated rings. The van der Waals surface area contributed by atoms with Crippen LogP contribution in [0.15, 0.2) is 42.5 Å². The second-order valence-electron chi connectivity index (χ2n) is 5.93. The van der Waals surface area contributed by atoms with E-state index in [-0.39, 0.29) is 0 Å². The van der Waals surface area contributed by atoms with Crippen molar-refractivity contribution in [2.75, 3.05) is 24.7 Å². The lowest BCUT2D eigenvalue weighted by atomic mass is 10.1. The summed E-state index contributed by atoms with van der Waals surface area (Å²) in [5.74, 6) is 0.767. The average molecular weight is 367 g/mol. The minimum absolute atomic E-state index is 0.657. The predicted molar refractivity (Wildman–Crippen MR) is 107 cm³/mol. The third-order valence-electron chi connectivity index (χ3n) is 4.59. The summed E-state index contributed by atoms with van der Waals surface area (Å²) in [6, 6.07) is 15.9. The van der Waals surface area contributed by atoms with Gasteiger partial charge in [0.1, 0.15) is 22.8 Å². The van der Waals surface area contributed by atoms with Gasteiger partial charge >= 0.3 is 0 Å². The van der Waals surface area contributed by atoms with E-state index in [9.17, 15) is 9.47 Å². The number of fused-ring (bicyclic) bond motifs is 1. The average Bonchev–Trinajstić information content (AvgIpc) is 2.99. The summed E-state index contributed by atoms with van der Waals surface area (Å²) in [6.07, 6.45) is 1.64. The Labute approximate surface area is 156 Å². The zero-order valence-electron chi connectivity index (χ0n) is 15.3. The molecule has 0 spiro atoms. The first-order valence-corrected chi connectivity index (χ1v) is 9.81. The van der Waals surface area contributed by atoms with E-state index in [2.05, 4.69) is 17.6 Å². The van der Waals surface area contributed by atoms with E-state index in [0.29, 0.717) is 5.56 Å². The molecule has 0 saturated heterocycles. The molecular formula is C20H21N3O2S. The number of aryl methyl sites for hydroxylation is 1. The van der Waals surface area contributed by atoms with Gasteiger partial charge in [0.05, 0.1) is 23.9 Å². The Morgan fingerprint density at radius 1 is 1.23 bits per heavy atom. The van der Waals surface area contributed by atoms with E-state index in [1.54, 1.807) is 24.7 Å². The summed E-state index contributed by atoms with van der Waals surface area (Å²) in [6.45, 7) is 2.80. The number of methoxy groups -OCH3 is 1. The lowest BCUT2D eigenvalue weighted by Gasteiger charge is -2.16. The van der Waals surface area contributed by atoms with Gasteiger partial charge in [-0.05, 0) is 36.8 Å². The van der Waals surface area contributed by atoms with E-state index in [0.717, 1.165) is 40.1 Å². The standard InChI is InChI=1S/C20H21N3O2S/c1-5-23-19-12-16(25-3)10-11-17(19)18(13-21)20(23)14-6-8-15(9-7-14)22(2)26(4)24/h6-12H,5H2,1-4H3. The normalized spacial score (nSPS) is 12.0. The van der Waals surface area contributed by atoms with Gasteiger partial charge in [0, 0.05) is 37.0 Å². The minimum Gasteiger partial charge on any atom is -0.497 e. The Morgan fingerprint density at radius 2 is 1.92 bits per heavy atom. The number of nitriles is 1. The van der Waals surface area contributed by atoms with Crippen LogP contribution in [0.3, 0.4) is 0 Å². The van der Waals surface area contributed by atoms with Gasteiger partial charge in [-0.15, -0.1) is 0 Å². The molecule has 134 valence electrons. The molecule has 0 saturated carbocycles. The van der Waals surface area contributed by atoms with Gasteiger partial charge in [-0.2, -0.15) is 5.26 Å². The number of anilines is 1. The molecule has 3 rings (SSSR count). The second kappa shape index (κ2) is 7.22. The van der Waals surface area contributed by atoms with Crippen molar-refractivity contribution in [3.8, 4) is 23.1 Å². The van der Waals surface area contributed by atoms with Crippen LogP contribution < -0.4 is 9.04 Å². The largest absolute Gasteiger partial charge is 0.497 e. The number of ether oxygens (including phenoxy) is 1. The van der Waals surface area contributed by atoms with Crippen LogP contribution >= 0.6 is 0 Å². The Kier molecular flexibility index (Phi) is 5.01. The van der Waals surface area contributed by atoms with Crippen LogP contribution in [0.1, 0.15) is 12.5 Å². The molecule has 0 N–H and O–H groups in total. The van der Waals surface area contributed by atoms with Gasteiger partial charge in [-0.25, -0.2) is 4.21 Å². The number of hydrogen-bond donors (Lipinski definition) is 0. The van der Waals surface area contributed by atoms with Gasteiger partial charge < -0.3 is 9.30 Å². The molecule has 26 heavy (non-hydrogen) atoms. The highest BCUT2D eigenvalue weighted by molar-refractivity contribution is 7.85. The van der Waals surface area contributed by atoms with Crippen molar-refractivity contribution in [1.29, 1.82) is 5.26 Å². The molecule has 6 heteroatoms. The van der Waals surface area contributed by atoms with Crippen LogP contribution in [-0.4, -0.2) is 29.2 Å². The number of benzene rings is 2. The maximum atomic E-state index is 11.7. The van der Waals surface area contributed by atoms with E-state index < -0.39 is 11.0 Å². The minimum atomic E-state index is -1.08. The molecule has 1 atom stereocenters. The fourth-order valence-corrected chi connectivity index (χ4v) is 3.59. The van der Waals surface area contributed by atoms with Crippen molar-refractivity contribution in [2.45, 2.75) is 13.5 Å². The smallest absolute Gasteiger partial charge is 0.120 e. The van der Waals surface area contributed by atoms with Crippen LogP contribution in [0.2, 0.25) is 0 Å². The molecule has 0 bridgehead atoms. The fraction of sp³-hybridized carbons (Fsp3) is 0.250. The third kappa shape index (κ3) is 2.95. The van der Waals surface area contributed by atoms with E-state index in [1.807, 2.05) is 42.5 Å². The van der Waals surface area contributed by atoms with Gasteiger partial charge in [-0.1, -0.05) is 12.1 Å². The number of nitrogens with zero attached hydrogens (tertiary/aromatic N) is 3. The van der Waals surface area contributed by atoms with Crippen LogP contribution in [0.4, 0.5) is 5.69 Å². The van der Waals surface area contributed by atoms with Crippen molar-refractivity contribution < 1.29 is 8.95 Å². The van der Waals surface area contributed by atoms with E-state index >= 15 is 0 Å². The topological polar surface area (TPSA) is 58.3 Å². The van der Waals surface area contributed by atoms with E-state index in [1.165, 1.54) is 0 Å². The van der Waals surface area contributed by atoms with Gasteiger partial charge in [0.25, 0.3) is 0 Å². The maximum Gasteiger partial charge on any atom is 0.120 e. The van der Waals surface area contributed by atoms with Crippen molar-refractivity contribution in [2.24, 2.45) is 0 Å². The number of rotatable bonds is 5. The summed E-state index contributed by atoms with van der Waals surface area (Å²) in [5, 5.41) is 10.7. The van der Waals surface area contributed by atoms with E-state index in [4.69, 9.17) is 4.74 Å². The summed E-state index contributed by atoms with van der Waals surface area (Å²) < 4.78 is 20.8. The van der Waals surface area contributed by atoms with Crippen LogP contribution in [0.25, 0.3) is 22.2 Å². The molecule has 0 aliphatic rings. The molecule has 1 heterocycles. The van der Waals surface area contributed by atoms with Gasteiger partial charge in [0.15, 0.2) is 0 Å². The first-order valence-electron chi connectivity index (χ1n) is 8.29. The van der Waals surface area contributed by atoms with Crippen molar-refractivity contribution in [1.82, 2.24) is 4.57 Å². The molecule has 2 aromatic carbocycles. The Balaban J connectivity index is 2.21. The fourth-order valence-electron chi connectivity index (χ4n) is 3.18. The quantitative estimate of drug-likeness (QED) is 0.686. The summed E-state index contributed by atoms with van der Waals surface area (Å²) in [5.41, 5.74) is 4.36. The summed E-state index contributed by atoms with van der Waals surface area (Å²) >= 11 is 0. The van der Waals surface area contributed by atoms with Crippen molar-refractivity contribution in [3.05, 3.63) is 48.0 Å². The Morgan fingerprint density at radius 3 is 2.46 bits per heavy atom. The number of hydrogen-bond acceptors (Lipinski definition) is 3. The summed E-state index contributed by atoms with van der Waals surface area (Å²) in [4.78, 5) is 0. The molecule has 1 aromatic heterocycles. The molecular weight excluding hydrogens is 346 g/mol. The lowest BCUT2D eigenvalue weighted by Crippen LogP contribution is -2.18. The van der Waals surface area contributed by atoms with Crippen molar-refractivity contribution >= 4 is 27.6 Å². The van der Waals surface area contributed by atoms with Crippen LogP contribution in [0, 0.1) is 11.3 Å². The summed E-state index contributed by atoms with van der Waals surface area (Å²) in [7, 11) is 2.35. The first kappa shape index (κ1) is 18.0. The van der Waals surface area contributed by atoms with Gasteiger partial charge in [-0.3, -0.25) is 4.31 Å². The highest BCUT2D eigenvalue weighted by Gasteiger charge is 2.18. The highest BCUT2D eigenvalue weighted by atomic mass is 32.2. The zero-order valence-corrected chi connectivity index (χ0v) is 16.1. The third-order valence-corrected chi connectivity index (χ3v) is 5.57. The molecule has 0 radical (unpaired) electrons. The predicted octanol–water partition coefficient (Wildman–Crippen LogP) is 3.94.